The number of fused-ring (bicyclic) bond motifs is 8. The maximum atomic E-state index is 13.4. The van der Waals surface area contributed by atoms with Crippen molar-refractivity contribution >= 4 is 75.9 Å². The van der Waals surface area contributed by atoms with Gasteiger partial charge in [-0.2, -0.15) is 0 Å². The summed E-state index contributed by atoms with van der Waals surface area (Å²) in [5.41, 5.74) is 3.11. The topological polar surface area (TPSA) is 94.5 Å². The van der Waals surface area contributed by atoms with Gasteiger partial charge in [0, 0.05) is 33.9 Å². The van der Waals surface area contributed by atoms with E-state index in [9.17, 15) is 9.59 Å². The van der Waals surface area contributed by atoms with E-state index in [1.54, 1.807) is 45.5 Å². The SMILES string of the molecule is O=c1c2ccc3c(=O)n4c5ncccc5nc4c4sc(c2c34)c2nc3cccnc3n12. The van der Waals surface area contributed by atoms with Crippen LogP contribution in [0.15, 0.2) is 58.4 Å². The van der Waals surface area contributed by atoms with E-state index >= 15 is 0 Å². The summed E-state index contributed by atoms with van der Waals surface area (Å²) in [7, 11) is 0. The third-order valence-electron chi connectivity index (χ3n) is 5.97. The number of nitrogens with zero attached hydrogens (tertiary/aromatic N) is 6. The second kappa shape index (κ2) is 4.90. The van der Waals surface area contributed by atoms with Crippen molar-refractivity contribution in [3.63, 3.8) is 0 Å². The van der Waals surface area contributed by atoms with Gasteiger partial charge < -0.3 is 0 Å². The lowest BCUT2D eigenvalue weighted by Crippen LogP contribution is -2.15. The van der Waals surface area contributed by atoms with Gasteiger partial charge in [-0.15, -0.1) is 11.3 Å². The lowest BCUT2D eigenvalue weighted by atomic mass is 10.0. The highest BCUT2D eigenvalue weighted by atomic mass is 32.1. The maximum absolute atomic E-state index is 13.4. The first-order chi connectivity index (χ1) is 15.2. The summed E-state index contributed by atoms with van der Waals surface area (Å²) in [5.74, 6) is 0. The Bertz CT molecular complexity index is 2000. The van der Waals surface area contributed by atoms with Crippen LogP contribution in [0.5, 0.6) is 0 Å². The normalized spacial score (nSPS) is 12.8. The summed E-state index contributed by atoms with van der Waals surface area (Å²) < 4.78 is 4.83. The highest BCUT2D eigenvalue weighted by molar-refractivity contribution is 7.27. The van der Waals surface area contributed by atoms with Gasteiger partial charge in [-0.1, -0.05) is 0 Å². The molecule has 8 nitrogen and oxygen atoms in total. The molecule has 0 N–H and O–H groups in total. The molecular formula is C22H8N6O2S. The lowest BCUT2D eigenvalue weighted by Gasteiger charge is -2.03. The minimum Gasteiger partial charge on any atom is -0.268 e. The smallest absolute Gasteiger partial charge is 0.266 e. The third kappa shape index (κ3) is 1.62. The molecule has 31 heavy (non-hydrogen) atoms. The van der Waals surface area contributed by atoms with E-state index < -0.39 is 0 Å². The number of rotatable bonds is 0. The number of pyridine rings is 4. The molecule has 8 rings (SSSR count). The van der Waals surface area contributed by atoms with Gasteiger partial charge in [-0.05, 0) is 36.4 Å². The van der Waals surface area contributed by atoms with Crippen LogP contribution in [0.3, 0.4) is 0 Å². The van der Waals surface area contributed by atoms with Crippen LogP contribution >= 0.6 is 11.3 Å². The molecule has 0 saturated carbocycles. The highest BCUT2D eigenvalue weighted by Gasteiger charge is 2.25. The van der Waals surface area contributed by atoms with E-state index in [2.05, 4.69) is 9.97 Å². The molecule has 1 aromatic carbocycles. The highest BCUT2D eigenvalue weighted by Crippen LogP contribution is 2.42. The summed E-state index contributed by atoms with van der Waals surface area (Å²) in [6.45, 7) is 0. The van der Waals surface area contributed by atoms with Crippen LogP contribution in [0.2, 0.25) is 0 Å². The van der Waals surface area contributed by atoms with Gasteiger partial charge in [0.25, 0.3) is 11.1 Å². The lowest BCUT2D eigenvalue weighted by molar-refractivity contribution is 1.15. The van der Waals surface area contributed by atoms with E-state index in [1.807, 2.05) is 12.1 Å². The number of benzene rings is 1. The van der Waals surface area contributed by atoms with Gasteiger partial charge in [-0.25, -0.2) is 28.7 Å². The maximum Gasteiger partial charge on any atom is 0.266 e. The monoisotopic (exact) mass is 420 g/mol. The summed E-state index contributed by atoms with van der Waals surface area (Å²) >= 11 is 1.50. The molecule has 7 heterocycles. The molecule has 0 fully saturated rings. The van der Waals surface area contributed by atoms with Gasteiger partial charge in [0.1, 0.15) is 11.0 Å². The first-order valence-electron chi connectivity index (χ1n) is 9.59. The van der Waals surface area contributed by atoms with Crippen molar-refractivity contribution in [3.05, 3.63) is 69.5 Å². The average molecular weight is 420 g/mol. The van der Waals surface area contributed by atoms with E-state index in [0.29, 0.717) is 44.4 Å². The van der Waals surface area contributed by atoms with Crippen molar-refractivity contribution in [2.75, 3.05) is 0 Å². The zero-order valence-electron chi connectivity index (χ0n) is 15.5. The van der Waals surface area contributed by atoms with Gasteiger partial charge in [0.05, 0.1) is 9.40 Å². The minimum absolute atomic E-state index is 0.187. The first kappa shape index (κ1) is 15.6. The molecule has 7 aromatic heterocycles. The van der Waals surface area contributed by atoms with E-state index in [1.165, 1.54) is 11.3 Å². The number of hydrogen-bond donors (Lipinski definition) is 0. The second-order valence-corrected chi connectivity index (χ2v) is 8.54. The van der Waals surface area contributed by atoms with Crippen LogP contribution in [0, 0.1) is 0 Å². The Labute approximate surface area is 174 Å². The number of imidazole rings is 2. The number of hydrogen-bond acceptors (Lipinski definition) is 7. The molecule has 0 unspecified atom stereocenters. The van der Waals surface area contributed by atoms with E-state index in [-0.39, 0.29) is 11.1 Å². The first-order valence-corrected chi connectivity index (χ1v) is 10.4. The van der Waals surface area contributed by atoms with Gasteiger partial charge >= 0.3 is 0 Å². The van der Waals surface area contributed by atoms with Gasteiger partial charge in [0.15, 0.2) is 22.6 Å². The molecule has 0 atom stereocenters. The second-order valence-electron chi connectivity index (χ2n) is 7.52. The van der Waals surface area contributed by atoms with Crippen LogP contribution in [-0.4, -0.2) is 28.7 Å². The van der Waals surface area contributed by atoms with Crippen molar-refractivity contribution in [2.24, 2.45) is 0 Å². The predicted octanol–water partition coefficient (Wildman–Crippen LogP) is 3.20. The molecular weight excluding hydrogens is 412 g/mol. The number of aromatic nitrogens is 6. The predicted molar refractivity (Wildman–Crippen MR) is 120 cm³/mol. The van der Waals surface area contributed by atoms with Crippen molar-refractivity contribution < 1.29 is 0 Å². The fourth-order valence-corrected chi connectivity index (χ4v) is 5.99. The Hall–Kier alpha value is -4.24. The van der Waals surface area contributed by atoms with Crippen molar-refractivity contribution in [2.45, 2.75) is 0 Å². The molecule has 0 aliphatic rings. The Kier molecular flexibility index (Phi) is 2.46. The molecule has 0 radical (unpaired) electrons. The third-order valence-corrected chi connectivity index (χ3v) is 7.15. The largest absolute Gasteiger partial charge is 0.268 e. The van der Waals surface area contributed by atoms with E-state index in [4.69, 9.17) is 9.97 Å². The molecule has 8 aromatic rings. The van der Waals surface area contributed by atoms with Crippen LogP contribution in [0.1, 0.15) is 0 Å². The summed E-state index contributed by atoms with van der Waals surface area (Å²) in [5, 5.41) is 2.63. The molecule has 144 valence electrons. The molecule has 0 aliphatic heterocycles. The molecule has 0 aliphatic carbocycles. The van der Waals surface area contributed by atoms with Crippen LogP contribution in [0.25, 0.3) is 64.6 Å². The minimum atomic E-state index is -0.187. The summed E-state index contributed by atoms with van der Waals surface area (Å²) in [4.78, 5) is 45.1. The van der Waals surface area contributed by atoms with Crippen molar-refractivity contribution in [3.8, 4) is 0 Å². The van der Waals surface area contributed by atoms with Crippen molar-refractivity contribution in [1.29, 1.82) is 0 Å². The summed E-state index contributed by atoms with van der Waals surface area (Å²) in [6, 6.07) is 10.7. The van der Waals surface area contributed by atoms with Crippen LogP contribution in [0.4, 0.5) is 0 Å². The zero-order chi connectivity index (χ0) is 20.4. The molecule has 0 bridgehead atoms. The average Bonchev–Trinajstić information content (AvgIpc) is 3.48. The molecule has 0 amide bonds. The molecule has 0 saturated heterocycles. The summed E-state index contributed by atoms with van der Waals surface area (Å²) in [6.07, 6.45) is 3.31. The fraction of sp³-hybridized carbons (Fsp3) is 0. The Morgan fingerprint density at radius 1 is 0.645 bits per heavy atom. The standard InChI is InChI=1S/C22H8N6O2S/c29-21-9-5-6-10-14-13(9)15(19-25-11-3-1-7-23-17(11)27(19)21)31-16(14)20-26-12-4-2-8-24-18(12)28(20)22(10)30/h1-8H. The van der Waals surface area contributed by atoms with Crippen molar-refractivity contribution in [1.82, 2.24) is 28.7 Å². The quantitative estimate of drug-likeness (QED) is 0.350. The van der Waals surface area contributed by atoms with Gasteiger partial charge in [0.2, 0.25) is 0 Å². The Balaban J connectivity index is 1.77. The zero-order valence-corrected chi connectivity index (χ0v) is 16.3. The Morgan fingerprint density at radius 3 is 1.61 bits per heavy atom. The van der Waals surface area contributed by atoms with Crippen LogP contribution in [-0.2, 0) is 0 Å². The number of thiophene rings is 1. The van der Waals surface area contributed by atoms with Crippen LogP contribution < -0.4 is 11.1 Å². The Morgan fingerprint density at radius 2 is 1.13 bits per heavy atom. The van der Waals surface area contributed by atoms with E-state index in [0.717, 1.165) is 20.2 Å². The van der Waals surface area contributed by atoms with Gasteiger partial charge in [-0.3, -0.25) is 9.59 Å². The molecule has 0 spiro atoms. The fourth-order valence-electron chi connectivity index (χ4n) is 4.70. The molecule has 9 heteroatoms.